The number of carbonyl (C=O) groups is 1. The monoisotopic (exact) mass is 600 g/mol. The first kappa shape index (κ1) is 28.0. The van der Waals surface area contributed by atoms with Crippen molar-refractivity contribution in [2.24, 2.45) is 0 Å². The third-order valence-electron chi connectivity index (χ3n) is 8.42. The first-order chi connectivity index (χ1) is 21.4. The molecule has 0 bridgehead atoms. The fourth-order valence-corrected chi connectivity index (χ4v) is 7.97. The maximum atomic E-state index is 14.7. The summed E-state index contributed by atoms with van der Waals surface area (Å²) >= 11 is 0. The van der Waals surface area contributed by atoms with E-state index >= 15 is 0 Å². The fraction of sp³-hybridized carbons (Fsp3) is 0.189. The Morgan fingerprint density at radius 1 is 0.841 bits per heavy atom. The standard InChI is InChI=1S/C37H32N2O4S/c40-37(39-21-10-22-44(41,42)25-34(39)27-12-3-1-4-13-27)35-31-17-7-8-18-33(31)38-36-28(19-20-32(35)36)23-26-11-9-16-30(24-26)43-29-14-5-2-6-15-29/h1-9,11-18,23-24,34H,10,19-22,25H2/b28-23+. The summed E-state index contributed by atoms with van der Waals surface area (Å²) in [6.45, 7) is 0.375. The number of benzene rings is 4. The highest BCUT2D eigenvalue weighted by molar-refractivity contribution is 7.91. The molecule has 1 fully saturated rings. The van der Waals surface area contributed by atoms with Crippen LogP contribution >= 0.6 is 0 Å². The average molecular weight is 601 g/mol. The van der Waals surface area contributed by atoms with Crippen LogP contribution in [0.15, 0.2) is 109 Å². The summed E-state index contributed by atoms with van der Waals surface area (Å²) in [7, 11) is -3.31. The second-order valence-electron chi connectivity index (χ2n) is 11.4. The minimum absolute atomic E-state index is 0.0786. The topological polar surface area (TPSA) is 76.6 Å². The first-order valence-electron chi connectivity index (χ1n) is 15.0. The summed E-state index contributed by atoms with van der Waals surface area (Å²) in [5, 5.41) is 0.801. The van der Waals surface area contributed by atoms with Gasteiger partial charge in [0.1, 0.15) is 11.5 Å². The van der Waals surface area contributed by atoms with Crippen LogP contribution in [0.2, 0.25) is 0 Å². The molecule has 0 N–H and O–H groups in total. The Morgan fingerprint density at radius 2 is 1.57 bits per heavy atom. The molecule has 0 radical (unpaired) electrons. The molecule has 44 heavy (non-hydrogen) atoms. The quantitative estimate of drug-likeness (QED) is 0.209. The number of fused-ring (bicyclic) bond motifs is 2. The van der Waals surface area contributed by atoms with Crippen molar-refractivity contribution in [3.8, 4) is 11.5 Å². The number of para-hydroxylation sites is 2. The van der Waals surface area contributed by atoms with Crippen LogP contribution in [-0.4, -0.2) is 42.3 Å². The summed E-state index contributed by atoms with van der Waals surface area (Å²) < 4.78 is 31.9. The summed E-state index contributed by atoms with van der Waals surface area (Å²) in [5.74, 6) is 1.38. The highest BCUT2D eigenvalue weighted by Gasteiger charge is 2.36. The van der Waals surface area contributed by atoms with Crippen LogP contribution in [0.3, 0.4) is 0 Å². The predicted molar refractivity (Wildman–Crippen MR) is 174 cm³/mol. The molecule has 2 aliphatic rings. The number of nitrogens with zero attached hydrogens (tertiary/aromatic N) is 2. The molecule has 7 rings (SSSR count). The zero-order chi connectivity index (χ0) is 30.1. The number of pyridine rings is 1. The van der Waals surface area contributed by atoms with Crippen molar-refractivity contribution in [2.75, 3.05) is 18.1 Å². The largest absolute Gasteiger partial charge is 0.457 e. The molecule has 1 saturated heterocycles. The van der Waals surface area contributed by atoms with Crippen LogP contribution in [0, 0.1) is 0 Å². The Bertz CT molecular complexity index is 1990. The molecule has 1 aliphatic heterocycles. The number of hydrogen-bond donors (Lipinski definition) is 0. The van der Waals surface area contributed by atoms with Crippen LogP contribution < -0.4 is 4.74 Å². The summed E-state index contributed by atoms with van der Waals surface area (Å²) in [5.41, 5.74) is 6.04. The van der Waals surface area contributed by atoms with Gasteiger partial charge in [0.05, 0.1) is 34.3 Å². The molecule has 1 unspecified atom stereocenters. The lowest BCUT2D eigenvalue weighted by Crippen LogP contribution is -2.37. The van der Waals surface area contributed by atoms with Gasteiger partial charge in [0.2, 0.25) is 0 Å². The van der Waals surface area contributed by atoms with Crippen molar-refractivity contribution in [1.29, 1.82) is 0 Å². The molecule has 5 aromatic rings. The normalized spacial score (nSPS) is 18.6. The molecular formula is C37H32N2O4S. The van der Waals surface area contributed by atoms with Crippen LogP contribution in [0.1, 0.15) is 51.6 Å². The Hall–Kier alpha value is -4.75. The number of sulfone groups is 1. The van der Waals surface area contributed by atoms with Gasteiger partial charge in [-0.1, -0.05) is 78.9 Å². The van der Waals surface area contributed by atoms with Crippen molar-refractivity contribution in [2.45, 2.75) is 25.3 Å². The van der Waals surface area contributed by atoms with Crippen LogP contribution in [0.4, 0.5) is 0 Å². The van der Waals surface area contributed by atoms with Crippen molar-refractivity contribution in [1.82, 2.24) is 9.88 Å². The van der Waals surface area contributed by atoms with Gasteiger partial charge in [-0.05, 0) is 77.9 Å². The van der Waals surface area contributed by atoms with Crippen LogP contribution in [0.5, 0.6) is 11.5 Å². The molecule has 0 spiro atoms. The number of rotatable bonds is 5. The summed E-state index contributed by atoms with van der Waals surface area (Å²) in [6, 6.07) is 34.4. The van der Waals surface area contributed by atoms with Gasteiger partial charge in [0.25, 0.3) is 5.91 Å². The molecule has 7 heteroatoms. The molecule has 220 valence electrons. The molecule has 1 atom stereocenters. The van der Waals surface area contributed by atoms with E-state index < -0.39 is 15.9 Å². The minimum atomic E-state index is -3.31. The van der Waals surface area contributed by atoms with Gasteiger partial charge in [0.15, 0.2) is 9.84 Å². The van der Waals surface area contributed by atoms with Gasteiger partial charge in [0, 0.05) is 11.9 Å². The van der Waals surface area contributed by atoms with E-state index in [9.17, 15) is 13.2 Å². The van der Waals surface area contributed by atoms with E-state index in [0.717, 1.165) is 56.8 Å². The van der Waals surface area contributed by atoms with Gasteiger partial charge < -0.3 is 9.64 Å². The SMILES string of the molecule is O=C(c1c2c(nc3ccccc13)/C(=C/c1cccc(Oc3ccccc3)c1)CC2)N1CCCS(=O)(=O)CC1c1ccccc1. The Kier molecular flexibility index (Phi) is 7.48. The van der Waals surface area contributed by atoms with Gasteiger partial charge in [-0.25, -0.2) is 13.4 Å². The summed E-state index contributed by atoms with van der Waals surface area (Å²) in [6.07, 6.45) is 3.97. The second kappa shape index (κ2) is 11.7. The highest BCUT2D eigenvalue weighted by atomic mass is 32.2. The number of ether oxygens (including phenoxy) is 1. The lowest BCUT2D eigenvalue weighted by Gasteiger charge is -2.31. The number of amides is 1. The number of aromatic nitrogens is 1. The Morgan fingerprint density at radius 3 is 2.39 bits per heavy atom. The maximum Gasteiger partial charge on any atom is 0.255 e. The molecule has 1 aliphatic carbocycles. The van der Waals surface area contributed by atoms with Gasteiger partial charge in [-0.3, -0.25) is 4.79 Å². The molecule has 0 saturated carbocycles. The zero-order valence-corrected chi connectivity index (χ0v) is 25.0. The molecule has 1 aromatic heterocycles. The lowest BCUT2D eigenvalue weighted by molar-refractivity contribution is 0.0699. The van der Waals surface area contributed by atoms with Gasteiger partial charge in [-0.2, -0.15) is 0 Å². The third-order valence-corrected chi connectivity index (χ3v) is 10.2. The summed E-state index contributed by atoms with van der Waals surface area (Å²) in [4.78, 5) is 21.5. The zero-order valence-electron chi connectivity index (χ0n) is 24.2. The average Bonchev–Trinajstić information content (AvgIpc) is 3.34. The van der Waals surface area contributed by atoms with Crippen molar-refractivity contribution in [3.05, 3.63) is 137 Å². The minimum Gasteiger partial charge on any atom is -0.457 e. The molecule has 1 amide bonds. The predicted octanol–water partition coefficient (Wildman–Crippen LogP) is 7.52. The highest BCUT2D eigenvalue weighted by Crippen LogP contribution is 2.40. The van der Waals surface area contributed by atoms with E-state index in [4.69, 9.17) is 9.72 Å². The molecule has 4 aromatic carbocycles. The molecular weight excluding hydrogens is 568 g/mol. The molecule has 6 nitrogen and oxygen atoms in total. The van der Waals surface area contributed by atoms with Crippen LogP contribution in [-0.2, 0) is 16.3 Å². The fourth-order valence-electron chi connectivity index (χ4n) is 6.38. The maximum absolute atomic E-state index is 14.7. The van der Waals surface area contributed by atoms with E-state index in [0.29, 0.717) is 24.9 Å². The second-order valence-corrected chi connectivity index (χ2v) is 13.6. The van der Waals surface area contributed by atoms with Crippen LogP contribution in [0.25, 0.3) is 22.6 Å². The van der Waals surface area contributed by atoms with Gasteiger partial charge in [-0.15, -0.1) is 0 Å². The van der Waals surface area contributed by atoms with Crippen molar-refractivity contribution >= 4 is 38.3 Å². The molecule has 2 heterocycles. The number of allylic oxidation sites excluding steroid dienone is 1. The number of carbonyl (C=O) groups excluding carboxylic acids is 1. The smallest absolute Gasteiger partial charge is 0.255 e. The van der Waals surface area contributed by atoms with Gasteiger partial charge >= 0.3 is 0 Å². The van der Waals surface area contributed by atoms with E-state index in [1.807, 2.05) is 109 Å². The van der Waals surface area contributed by atoms with Crippen molar-refractivity contribution in [3.63, 3.8) is 0 Å². The third kappa shape index (κ3) is 5.63. The Labute approximate surface area is 257 Å². The van der Waals surface area contributed by atoms with E-state index in [2.05, 4.69) is 6.08 Å². The Balaban J connectivity index is 1.30. The first-order valence-corrected chi connectivity index (χ1v) is 16.8. The lowest BCUT2D eigenvalue weighted by atomic mass is 9.97. The van der Waals surface area contributed by atoms with E-state index in [1.165, 1.54) is 0 Å². The number of hydrogen-bond acceptors (Lipinski definition) is 5. The van der Waals surface area contributed by atoms with E-state index in [1.54, 1.807) is 4.90 Å². The van der Waals surface area contributed by atoms with Crippen molar-refractivity contribution < 1.29 is 17.9 Å². The van der Waals surface area contributed by atoms with E-state index in [-0.39, 0.29) is 17.4 Å².